The van der Waals surface area contributed by atoms with Gasteiger partial charge >= 0.3 is 6.09 Å². The molecular formula is C25H31FN6O2. The van der Waals surface area contributed by atoms with E-state index in [1.807, 2.05) is 6.07 Å². The highest BCUT2D eigenvalue weighted by Gasteiger charge is 2.45. The third-order valence-electron chi connectivity index (χ3n) is 6.92. The molecule has 1 aliphatic heterocycles. The topological polar surface area (TPSA) is 86.9 Å². The Morgan fingerprint density at radius 3 is 2.71 bits per heavy atom. The lowest BCUT2D eigenvalue weighted by Crippen LogP contribution is -2.62. The van der Waals surface area contributed by atoms with E-state index in [4.69, 9.17) is 4.98 Å². The van der Waals surface area contributed by atoms with E-state index in [1.165, 1.54) is 25.1 Å². The molecule has 8 nitrogen and oxygen atoms in total. The van der Waals surface area contributed by atoms with E-state index in [0.29, 0.717) is 29.6 Å². The van der Waals surface area contributed by atoms with Crippen molar-refractivity contribution in [1.82, 2.24) is 24.3 Å². The molecule has 3 aromatic rings. The van der Waals surface area contributed by atoms with Crippen molar-refractivity contribution in [2.45, 2.75) is 58.5 Å². The molecule has 1 amide bonds. The standard InChI is InChI=1S/C25H31FN6O2/c1-25(2,3)22-18(5-4-12-30(22)24(33)34)31(14-16-6-7-16)21-10-11-27-23(29-21)19-13-28-20-9-8-17(26)15-32(19)20/h8-11,13,15-16,18,22H,4-7,12,14H2,1-3H3,(H,33,34)/t18-,22?/m1/s1. The highest BCUT2D eigenvalue weighted by molar-refractivity contribution is 5.66. The fraction of sp³-hybridized carbons (Fsp3) is 0.520. The Kier molecular flexibility index (Phi) is 5.65. The number of imidazole rings is 1. The average molecular weight is 467 g/mol. The first kappa shape index (κ1) is 22.6. The number of fused-ring (bicyclic) bond motifs is 1. The van der Waals surface area contributed by atoms with E-state index in [0.717, 1.165) is 25.2 Å². The summed E-state index contributed by atoms with van der Waals surface area (Å²) < 4.78 is 15.6. The Balaban J connectivity index is 1.56. The van der Waals surface area contributed by atoms with E-state index < -0.39 is 6.09 Å². The number of halogens is 1. The van der Waals surface area contributed by atoms with Gasteiger partial charge in [-0.25, -0.2) is 24.1 Å². The Morgan fingerprint density at radius 1 is 1.21 bits per heavy atom. The number of aromatic nitrogens is 4. The highest BCUT2D eigenvalue weighted by atomic mass is 19.1. The SMILES string of the molecule is CC(C)(C)C1[C@H](N(CC2CC2)c2ccnc(-c3cnc4ccc(F)cn34)n2)CCCN1C(=O)O. The predicted molar refractivity (Wildman–Crippen MR) is 127 cm³/mol. The minimum absolute atomic E-state index is 0.00725. The largest absolute Gasteiger partial charge is 0.465 e. The number of rotatable bonds is 5. The number of piperidine rings is 1. The van der Waals surface area contributed by atoms with Crippen molar-refractivity contribution >= 4 is 17.6 Å². The van der Waals surface area contributed by atoms with Gasteiger partial charge in [-0.05, 0) is 55.2 Å². The van der Waals surface area contributed by atoms with E-state index in [1.54, 1.807) is 27.8 Å². The van der Waals surface area contributed by atoms with E-state index in [9.17, 15) is 14.3 Å². The van der Waals surface area contributed by atoms with Crippen LogP contribution in [0.1, 0.15) is 46.5 Å². The first-order chi connectivity index (χ1) is 16.2. The quantitative estimate of drug-likeness (QED) is 0.586. The fourth-order valence-corrected chi connectivity index (χ4v) is 5.29. The van der Waals surface area contributed by atoms with Crippen LogP contribution in [-0.4, -0.2) is 60.6 Å². The number of hydrogen-bond donors (Lipinski definition) is 1. The molecular weight excluding hydrogens is 435 g/mol. The zero-order valence-electron chi connectivity index (χ0n) is 19.9. The lowest BCUT2D eigenvalue weighted by molar-refractivity contribution is 0.0447. The molecule has 5 rings (SSSR count). The van der Waals surface area contributed by atoms with Crippen LogP contribution in [0.15, 0.2) is 36.8 Å². The van der Waals surface area contributed by atoms with Crippen molar-refractivity contribution in [2.24, 2.45) is 11.3 Å². The molecule has 4 heterocycles. The summed E-state index contributed by atoms with van der Waals surface area (Å²) in [7, 11) is 0. The first-order valence-corrected chi connectivity index (χ1v) is 11.9. The van der Waals surface area contributed by atoms with Crippen LogP contribution in [0.3, 0.4) is 0 Å². The maximum atomic E-state index is 13.9. The molecule has 1 aliphatic carbocycles. The second-order valence-electron chi connectivity index (χ2n) is 10.5. The van der Waals surface area contributed by atoms with Gasteiger partial charge in [-0.3, -0.25) is 4.40 Å². The third kappa shape index (κ3) is 4.31. The summed E-state index contributed by atoms with van der Waals surface area (Å²) in [5.41, 5.74) is 1.00. The zero-order valence-corrected chi connectivity index (χ0v) is 19.9. The molecule has 2 aliphatic rings. The lowest BCUT2D eigenvalue weighted by atomic mass is 9.77. The van der Waals surface area contributed by atoms with Crippen LogP contribution < -0.4 is 4.90 Å². The van der Waals surface area contributed by atoms with Gasteiger partial charge in [0.15, 0.2) is 5.82 Å². The molecule has 0 radical (unpaired) electrons. The smallest absolute Gasteiger partial charge is 0.407 e. The van der Waals surface area contributed by atoms with Crippen molar-refractivity contribution in [3.63, 3.8) is 0 Å². The van der Waals surface area contributed by atoms with Crippen LogP contribution in [0, 0.1) is 17.2 Å². The molecule has 3 aromatic heterocycles. The number of nitrogens with zero attached hydrogens (tertiary/aromatic N) is 6. The molecule has 1 unspecified atom stereocenters. The van der Waals surface area contributed by atoms with Gasteiger partial charge in [0.25, 0.3) is 0 Å². The van der Waals surface area contributed by atoms with Crippen LogP contribution in [-0.2, 0) is 0 Å². The minimum atomic E-state index is -0.868. The number of pyridine rings is 1. The van der Waals surface area contributed by atoms with Crippen LogP contribution in [0.4, 0.5) is 15.0 Å². The summed E-state index contributed by atoms with van der Waals surface area (Å²) in [6.45, 7) is 7.72. The molecule has 0 aromatic carbocycles. The summed E-state index contributed by atoms with van der Waals surface area (Å²) in [4.78, 5) is 29.8. The summed E-state index contributed by atoms with van der Waals surface area (Å²) in [5.74, 6) is 1.47. The Bertz CT molecular complexity index is 1200. The van der Waals surface area contributed by atoms with Crippen LogP contribution in [0.5, 0.6) is 0 Å². The van der Waals surface area contributed by atoms with E-state index >= 15 is 0 Å². The molecule has 0 spiro atoms. The highest BCUT2D eigenvalue weighted by Crippen LogP contribution is 2.39. The second-order valence-corrected chi connectivity index (χ2v) is 10.5. The third-order valence-corrected chi connectivity index (χ3v) is 6.92. The van der Waals surface area contributed by atoms with E-state index in [2.05, 4.69) is 35.6 Å². The molecule has 1 saturated heterocycles. The van der Waals surface area contributed by atoms with Gasteiger partial charge in [-0.1, -0.05) is 20.8 Å². The monoisotopic (exact) mass is 466 g/mol. The maximum absolute atomic E-state index is 13.9. The zero-order chi connectivity index (χ0) is 24.0. The number of amides is 1. The Morgan fingerprint density at radius 2 is 2.00 bits per heavy atom. The number of carboxylic acid groups (broad SMARTS) is 1. The predicted octanol–water partition coefficient (Wildman–Crippen LogP) is 4.70. The van der Waals surface area contributed by atoms with Crippen LogP contribution >= 0.6 is 0 Å². The average Bonchev–Trinajstić information content (AvgIpc) is 3.53. The normalized spacial score (nSPS) is 21.1. The van der Waals surface area contributed by atoms with Crippen molar-refractivity contribution in [1.29, 1.82) is 0 Å². The number of likely N-dealkylation sites (tertiary alicyclic amines) is 1. The van der Waals surface area contributed by atoms with Crippen molar-refractivity contribution < 1.29 is 14.3 Å². The first-order valence-electron chi connectivity index (χ1n) is 11.9. The van der Waals surface area contributed by atoms with Crippen LogP contribution in [0.2, 0.25) is 0 Å². The molecule has 9 heteroatoms. The molecule has 34 heavy (non-hydrogen) atoms. The molecule has 2 atom stereocenters. The molecule has 1 N–H and O–H groups in total. The fourth-order valence-electron chi connectivity index (χ4n) is 5.29. The van der Waals surface area contributed by atoms with Gasteiger partial charge in [-0.15, -0.1) is 0 Å². The van der Waals surface area contributed by atoms with Gasteiger partial charge in [0.2, 0.25) is 0 Å². The van der Waals surface area contributed by atoms with Crippen molar-refractivity contribution in [3.05, 3.63) is 42.6 Å². The minimum Gasteiger partial charge on any atom is -0.465 e. The van der Waals surface area contributed by atoms with Gasteiger partial charge in [0.1, 0.15) is 23.0 Å². The summed E-state index contributed by atoms with van der Waals surface area (Å²) in [6.07, 6.45) is 7.97. The summed E-state index contributed by atoms with van der Waals surface area (Å²) in [6, 6.07) is 4.74. The van der Waals surface area contributed by atoms with Gasteiger partial charge in [0.05, 0.1) is 18.3 Å². The van der Waals surface area contributed by atoms with E-state index in [-0.39, 0.29) is 23.3 Å². The van der Waals surface area contributed by atoms with Crippen molar-refractivity contribution in [3.8, 4) is 11.5 Å². The van der Waals surface area contributed by atoms with Gasteiger partial charge in [0, 0.05) is 25.5 Å². The number of anilines is 1. The summed E-state index contributed by atoms with van der Waals surface area (Å²) in [5, 5.41) is 9.97. The van der Waals surface area contributed by atoms with Crippen molar-refractivity contribution in [2.75, 3.05) is 18.0 Å². The van der Waals surface area contributed by atoms with Gasteiger partial charge < -0.3 is 14.9 Å². The summed E-state index contributed by atoms with van der Waals surface area (Å²) >= 11 is 0. The lowest BCUT2D eigenvalue weighted by Gasteiger charge is -2.50. The number of hydrogen-bond acceptors (Lipinski definition) is 5. The molecule has 0 bridgehead atoms. The maximum Gasteiger partial charge on any atom is 0.407 e. The Labute approximate surface area is 198 Å². The molecule has 1 saturated carbocycles. The Hall–Kier alpha value is -3.23. The number of carbonyl (C=O) groups is 1. The molecule has 180 valence electrons. The molecule has 2 fully saturated rings. The van der Waals surface area contributed by atoms with Gasteiger partial charge in [-0.2, -0.15) is 0 Å². The second kappa shape index (κ2) is 8.52. The van der Waals surface area contributed by atoms with Crippen LogP contribution in [0.25, 0.3) is 17.2 Å².